The van der Waals surface area contributed by atoms with E-state index in [1.54, 1.807) is 0 Å². The molecule has 0 aliphatic carbocycles. The summed E-state index contributed by atoms with van der Waals surface area (Å²) in [4.78, 5) is 13.6. The van der Waals surface area contributed by atoms with Crippen molar-refractivity contribution in [1.29, 1.82) is 0 Å². The van der Waals surface area contributed by atoms with Gasteiger partial charge >= 0.3 is 0 Å². The SMILES string of the molecule is Cc1c(N)cccc1CN1CCCNC(=O)C1. The molecule has 0 aromatic heterocycles. The van der Waals surface area contributed by atoms with Gasteiger partial charge in [0.05, 0.1) is 6.54 Å². The van der Waals surface area contributed by atoms with Crippen LogP contribution in [0.5, 0.6) is 0 Å². The highest BCUT2D eigenvalue weighted by Crippen LogP contribution is 2.17. The first kappa shape index (κ1) is 11.9. The van der Waals surface area contributed by atoms with Gasteiger partial charge in [-0.15, -0.1) is 0 Å². The van der Waals surface area contributed by atoms with Crippen LogP contribution in [0.3, 0.4) is 0 Å². The van der Waals surface area contributed by atoms with E-state index in [0.717, 1.165) is 37.3 Å². The molecular formula is C13H19N3O. The van der Waals surface area contributed by atoms with E-state index in [4.69, 9.17) is 5.73 Å². The van der Waals surface area contributed by atoms with Crippen molar-refractivity contribution in [3.63, 3.8) is 0 Å². The molecule has 1 heterocycles. The molecule has 1 aliphatic heterocycles. The van der Waals surface area contributed by atoms with Crippen LogP contribution in [0.4, 0.5) is 5.69 Å². The molecule has 1 aromatic rings. The molecular weight excluding hydrogens is 214 g/mol. The van der Waals surface area contributed by atoms with Crippen molar-refractivity contribution in [3.8, 4) is 0 Å². The van der Waals surface area contributed by atoms with Gasteiger partial charge in [0, 0.05) is 25.3 Å². The van der Waals surface area contributed by atoms with Crippen LogP contribution in [0.15, 0.2) is 18.2 Å². The zero-order chi connectivity index (χ0) is 12.3. The minimum absolute atomic E-state index is 0.115. The van der Waals surface area contributed by atoms with Gasteiger partial charge in [-0.1, -0.05) is 12.1 Å². The minimum Gasteiger partial charge on any atom is -0.399 e. The summed E-state index contributed by atoms with van der Waals surface area (Å²) in [5, 5.41) is 2.88. The van der Waals surface area contributed by atoms with Gasteiger partial charge in [0.1, 0.15) is 0 Å². The fourth-order valence-electron chi connectivity index (χ4n) is 2.12. The van der Waals surface area contributed by atoms with Crippen LogP contribution in [0.25, 0.3) is 0 Å². The Bertz CT molecular complexity index is 417. The molecule has 1 aliphatic rings. The molecule has 0 bridgehead atoms. The van der Waals surface area contributed by atoms with Gasteiger partial charge < -0.3 is 11.1 Å². The highest BCUT2D eigenvalue weighted by molar-refractivity contribution is 5.78. The fraction of sp³-hybridized carbons (Fsp3) is 0.462. The first-order valence-electron chi connectivity index (χ1n) is 6.00. The lowest BCUT2D eigenvalue weighted by Gasteiger charge is -2.20. The van der Waals surface area contributed by atoms with E-state index in [1.165, 1.54) is 5.56 Å². The standard InChI is InChI=1S/C13H19N3O/c1-10-11(4-2-5-12(10)14)8-16-7-3-6-15-13(17)9-16/h2,4-5H,3,6-9,14H2,1H3,(H,15,17). The maximum absolute atomic E-state index is 11.5. The Kier molecular flexibility index (Phi) is 3.64. The number of amides is 1. The van der Waals surface area contributed by atoms with E-state index in [2.05, 4.69) is 16.3 Å². The molecule has 3 N–H and O–H groups in total. The lowest BCUT2D eigenvalue weighted by molar-refractivity contribution is -0.121. The molecule has 0 saturated carbocycles. The van der Waals surface area contributed by atoms with Crippen molar-refractivity contribution in [3.05, 3.63) is 29.3 Å². The molecule has 4 nitrogen and oxygen atoms in total. The third kappa shape index (κ3) is 2.97. The second-order valence-corrected chi connectivity index (χ2v) is 4.55. The van der Waals surface area contributed by atoms with E-state index in [9.17, 15) is 4.79 Å². The molecule has 1 fully saturated rings. The van der Waals surface area contributed by atoms with Crippen LogP contribution in [-0.2, 0) is 11.3 Å². The van der Waals surface area contributed by atoms with Crippen LogP contribution >= 0.6 is 0 Å². The number of nitrogens with one attached hydrogen (secondary N) is 1. The molecule has 4 heteroatoms. The summed E-state index contributed by atoms with van der Waals surface area (Å²) in [6, 6.07) is 5.96. The third-order valence-electron chi connectivity index (χ3n) is 3.22. The Morgan fingerprint density at radius 1 is 1.47 bits per heavy atom. The number of hydrogen-bond acceptors (Lipinski definition) is 3. The second-order valence-electron chi connectivity index (χ2n) is 4.55. The number of nitrogens with two attached hydrogens (primary N) is 1. The molecule has 0 spiro atoms. The second kappa shape index (κ2) is 5.19. The first-order valence-corrected chi connectivity index (χ1v) is 6.00. The van der Waals surface area contributed by atoms with Crippen molar-refractivity contribution in [2.45, 2.75) is 19.9 Å². The summed E-state index contributed by atoms with van der Waals surface area (Å²) in [7, 11) is 0. The molecule has 0 radical (unpaired) electrons. The minimum atomic E-state index is 0.115. The lowest BCUT2D eigenvalue weighted by atomic mass is 10.1. The third-order valence-corrected chi connectivity index (χ3v) is 3.22. The monoisotopic (exact) mass is 233 g/mol. The maximum atomic E-state index is 11.5. The summed E-state index contributed by atoms with van der Waals surface area (Å²) in [6.07, 6.45) is 1.01. The summed E-state index contributed by atoms with van der Waals surface area (Å²) < 4.78 is 0. The van der Waals surface area contributed by atoms with Crippen LogP contribution in [0.1, 0.15) is 17.5 Å². The van der Waals surface area contributed by atoms with Gasteiger partial charge in [-0.2, -0.15) is 0 Å². The summed E-state index contributed by atoms with van der Waals surface area (Å²) in [5.74, 6) is 0.115. The average molecular weight is 233 g/mol. The zero-order valence-corrected chi connectivity index (χ0v) is 10.2. The fourth-order valence-corrected chi connectivity index (χ4v) is 2.12. The van der Waals surface area contributed by atoms with Gasteiger partial charge in [-0.3, -0.25) is 9.69 Å². The summed E-state index contributed by atoms with van der Waals surface area (Å²) in [5.41, 5.74) is 9.04. The van der Waals surface area contributed by atoms with Crippen LogP contribution in [0.2, 0.25) is 0 Å². The number of carbonyl (C=O) groups is 1. The normalized spacial score (nSPS) is 17.6. The maximum Gasteiger partial charge on any atom is 0.234 e. The van der Waals surface area contributed by atoms with E-state index in [-0.39, 0.29) is 5.91 Å². The van der Waals surface area contributed by atoms with Gasteiger partial charge in [-0.25, -0.2) is 0 Å². The number of hydrogen-bond donors (Lipinski definition) is 2. The molecule has 0 atom stereocenters. The van der Waals surface area contributed by atoms with Crippen LogP contribution in [0, 0.1) is 6.92 Å². The number of benzene rings is 1. The van der Waals surface area contributed by atoms with Gasteiger partial charge in [-0.05, 0) is 30.5 Å². The zero-order valence-electron chi connectivity index (χ0n) is 10.2. The van der Waals surface area contributed by atoms with Crippen molar-refractivity contribution in [2.75, 3.05) is 25.4 Å². The highest BCUT2D eigenvalue weighted by atomic mass is 16.2. The van der Waals surface area contributed by atoms with Crippen molar-refractivity contribution < 1.29 is 4.79 Å². The van der Waals surface area contributed by atoms with Crippen molar-refractivity contribution >= 4 is 11.6 Å². The molecule has 0 unspecified atom stereocenters. The van der Waals surface area contributed by atoms with E-state index in [0.29, 0.717) is 6.54 Å². The molecule has 1 amide bonds. The number of carbonyl (C=O) groups excluding carboxylic acids is 1. The molecule has 1 aromatic carbocycles. The van der Waals surface area contributed by atoms with Gasteiger partial charge in [0.15, 0.2) is 0 Å². The van der Waals surface area contributed by atoms with Crippen molar-refractivity contribution in [1.82, 2.24) is 10.2 Å². The smallest absolute Gasteiger partial charge is 0.234 e. The summed E-state index contributed by atoms with van der Waals surface area (Å²) in [6.45, 7) is 5.04. The van der Waals surface area contributed by atoms with E-state index >= 15 is 0 Å². The predicted octanol–water partition coefficient (Wildman–Crippen LogP) is 0.899. The number of anilines is 1. The lowest BCUT2D eigenvalue weighted by Crippen LogP contribution is -2.32. The average Bonchev–Trinajstić information content (AvgIpc) is 2.49. The first-order chi connectivity index (χ1) is 8.16. The summed E-state index contributed by atoms with van der Waals surface area (Å²) >= 11 is 0. The van der Waals surface area contributed by atoms with Crippen LogP contribution in [-0.4, -0.2) is 30.4 Å². The quantitative estimate of drug-likeness (QED) is 0.746. The topological polar surface area (TPSA) is 58.4 Å². The van der Waals surface area contributed by atoms with E-state index < -0.39 is 0 Å². The molecule has 2 rings (SSSR count). The largest absolute Gasteiger partial charge is 0.399 e. The molecule has 92 valence electrons. The number of nitrogens with zero attached hydrogens (tertiary/aromatic N) is 1. The Morgan fingerprint density at radius 2 is 2.29 bits per heavy atom. The number of rotatable bonds is 2. The van der Waals surface area contributed by atoms with Crippen LogP contribution < -0.4 is 11.1 Å². The van der Waals surface area contributed by atoms with Gasteiger partial charge in [0.2, 0.25) is 5.91 Å². The van der Waals surface area contributed by atoms with E-state index in [1.807, 2.05) is 19.1 Å². The van der Waals surface area contributed by atoms with Crippen molar-refractivity contribution in [2.24, 2.45) is 0 Å². The highest BCUT2D eigenvalue weighted by Gasteiger charge is 2.15. The number of nitrogen functional groups attached to an aromatic ring is 1. The van der Waals surface area contributed by atoms with Gasteiger partial charge in [0.25, 0.3) is 0 Å². The Labute approximate surface area is 102 Å². The Morgan fingerprint density at radius 3 is 3.12 bits per heavy atom. The molecule has 1 saturated heterocycles. The Balaban J connectivity index is 2.09. The Hall–Kier alpha value is -1.55. The predicted molar refractivity (Wildman–Crippen MR) is 68.5 cm³/mol. The molecule has 17 heavy (non-hydrogen) atoms.